The monoisotopic (exact) mass is 248 g/mol. The van der Waals surface area contributed by atoms with Crippen LogP contribution in [0.2, 0.25) is 0 Å². The molecule has 0 saturated heterocycles. The Morgan fingerprint density at radius 2 is 2.05 bits per heavy atom. The third kappa shape index (κ3) is 1.27. The maximum Gasteiger partial charge on any atom is 0.294 e. The van der Waals surface area contributed by atoms with E-state index in [2.05, 4.69) is 64.6 Å². The van der Waals surface area contributed by atoms with E-state index in [-0.39, 0.29) is 0 Å². The van der Waals surface area contributed by atoms with Crippen molar-refractivity contribution >= 4 is 27.5 Å². The highest BCUT2D eigenvalue weighted by atomic mass is 15.1. The first-order valence-corrected chi connectivity index (χ1v) is 6.40. The van der Waals surface area contributed by atoms with E-state index in [9.17, 15) is 0 Å². The molecule has 0 N–H and O–H groups in total. The first kappa shape index (κ1) is 10.5. The highest BCUT2D eigenvalue weighted by molar-refractivity contribution is 6.10. The number of nitrogens with zero attached hydrogens (tertiary/aromatic N) is 3. The zero-order chi connectivity index (χ0) is 13.0. The van der Waals surface area contributed by atoms with Crippen LogP contribution in [0.15, 0.2) is 48.9 Å². The van der Waals surface area contributed by atoms with Crippen molar-refractivity contribution in [2.45, 2.75) is 6.92 Å². The van der Waals surface area contributed by atoms with Gasteiger partial charge in [-0.15, -0.1) is 0 Å². The van der Waals surface area contributed by atoms with Crippen LogP contribution in [0.25, 0.3) is 27.5 Å². The molecule has 0 saturated carbocycles. The largest absolute Gasteiger partial charge is 0.294 e. The predicted molar refractivity (Wildman–Crippen MR) is 76.1 cm³/mol. The highest BCUT2D eigenvalue weighted by Crippen LogP contribution is 2.28. The normalized spacial score (nSPS) is 11.7. The summed E-state index contributed by atoms with van der Waals surface area (Å²) >= 11 is 0. The second-order valence-electron chi connectivity index (χ2n) is 4.97. The van der Waals surface area contributed by atoms with Crippen LogP contribution in [0.4, 0.5) is 0 Å². The number of hydrogen-bond donors (Lipinski definition) is 0. The number of benzene rings is 1. The first-order chi connectivity index (χ1) is 9.27. The molecule has 0 aliphatic rings. The summed E-state index contributed by atoms with van der Waals surface area (Å²) in [6, 6.07) is 10.5. The zero-order valence-electron chi connectivity index (χ0n) is 11.0. The van der Waals surface area contributed by atoms with Crippen molar-refractivity contribution in [1.29, 1.82) is 0 Å². The molecule has 0 spiro atoms. The summed E-state index contributed by atoms with van der Waals surface area (Å²) in [5, 5.41) is 2.50. The van der Waals surface area contributed by atoms with Crippen LogP contribution in [0.1, 0.15) is 5.56 Å². The number of rotatable bonds is 0. The van der Waals surface area contributed by atoms with Gasteiger partial charge in [0.1, 0.15) is 17.9 Å². The van der Waals surface area contributed by atoms with Gasteiger partial charge < -0.3 is 0 Å². The summed E-state index contributed by atoms with van der Waals surface area (Å²) < 4.78 is 4.39. The van der Waals surface area contributed by atoms with Gasteiger partial charge in [-0.25, -0.2) is 4.57 Å². The van der Waals surface area contributed by atoms with Crippen LogP contribution in [-0.4, -0.2) is 9.38 Å². The lowest BCUT2D eigenvalue weighted by Gasteiger charge is -2.05. The average Bonchev–Trinajstić information content (AvgIpc) is 2.82. The number of imidazole rings is 1. The first-order valence-electron chi connectivity index (χ1n) is 6.40. The fourth-order valence-corrected chi connectivity index (χ4v) is 2.93. The van der Waals surface area contributed by atoms with Crippen LogP contribution in [0.3, 0.4) is 0 Å². The van der Waals surface area contributed by atoms with Crippen LogP contribution in [-0.2, 0) is 7.05 Å². The lowest BCUT2D eigenvalue weighted by Crippen LogP contribution is -2.26. The molecule has 0 amide bonds. The van der Waals surface area contributed by atoms with Crippen molar-refractivity contribution in [3.8, 4) is 0 Å². The molecule has 92 valence electrons. The Bertz CT molecular complexity index is 935. The minimum Gasteiger partial charge on any atom is -0.252 e. The second-order valence-corrected chi connectivity index (χ2v) is 4.97. The summed E-state index contributed by atoms with van der Waals surface area (Å²) in [7, 11) is 2.09. The van der Waals surface area contributed by atoms with Crippen LogP contribution in [0, 0.1) is 6.92 Å². The smallest absolute Gasteiger partial charge is 0.252 e. The Kier molecular flexibility index (Phi) is 1.96. The van der Waals surface area contributed by atoms with E-state index in [1.165, 1.54) is 22.0 Å². The summed E-state index contributed by atoms with van der Waals surface area (Å²) in [5.41, 5.74) is 4.71. The summed E-state index contributed by atoms with van der Waals surface area (Å²) in [5.74, 6) is 0. The quantitative estimate of drug-likeness (QED) is 0.346. The molecule has 19 heavy (non-hydrogen) atoms. The summed E-state index contributed by atoms with van der Waals surface area (Å²) in [4.78, 5) is 4.58. The predicted octanol–water partition coefficient (Wildman–Crippen LogP) is 2.77. The van der Waals surface area contributed by atoms with Gasteiger partial charge in [0.15, 0.2) is 5.52 Å². The van der Waals surface area contributed by atoms with Crippen molar-refractivity contribution in [3.05, 3.63) is 54.5 Å². The van der Waals surface area contributed by atoms with E-state index >= 15 is 0 Å². The Morgan fingerprint density at radius 3 is 2.95 bits per heavy atom. The highest BCUT2D eigenvalue weighted by Gasteiger charge is 2.18. The molecule has 0 bridgehead atoms. The fourth-order valence-electron chi connectivity index (χ4n) is 2.93. The van der Waals surface area contributed by atoms with E-state index in [4.69, 9.17) is 0 Å². The van der Waals surface area contributed by atoms with Crippen molar-refractivity contribution in [3.63, 3.8) is 0 Å². The molecule has 0 unspecified atom stereocenters. The Labute approximate surface area is 110 Å². The Morgan fingerprint density at radius 1 is 1.16 bits per heavy atom. The van der Waals surface area contributed by atoms with Gasteiger partial charge in [0, 0.05) is 11.6 Å². The molecule has 4 aromatic rings. The van der Waals surface area contributed by atoms with Crippen LogP contribution >= 0.6 is 0 Å². The molecule has 3 aromatic heterocycles. The minimum atomic E-state index is 1.06. The van der Waals surface area contributed by atoms with Crippen molar-refractivity contribution in [2.75, 3.05) is 0 Å². The summed E-state index contributed by atoms with van der Waals surface area (Å²) in [6.45, 7) is 2.16. The van der Waals surface area contributed by atoms with Gasteiger partial charge in [0.05, 0.1) is 12.4 Å². The van der Waals surface area contributed by atoms with Crippen LogP contribution < -0.4 is 4.57 Å². The van der Waals surface area contributed by atoms with Gasteiger partial charge in [0.2, 0.25) is 0 Å². The van der Waals surface area contributed by atoms with Gasteiger partial charge in [0.25, 0.3) is 5.65 Å². The molecular weight excluding hydrogens is 234 g/mol. The maximum atomic E-state index is 4.58. The van der Waals surface area contributed by atoms with E-state index in [1.54, 1.807) is 0 Å². The van der Waals surface area contributed by atoms with Crippen molar-refractivity contribution < 1.29 is 4.57 Å². The molecule has 0 radical (unpaired) electrons. The van der Waals surface area contributed by atoms with Gasteiger partial charge in [-0.3, -0.25) is 4.98 Å². The topological polar surface area (TPSA) is 21.2 Å². The Balaban J connectivity index is 2.49. The lowest BCUT2D eigenvalue weighted by molar-refractivity contribution is -0.643. The minimum absolute atomic E-state index is 1.06. The average molecular weight is 248 g/mol. The van der Waals surface area contributed by atoms with Crippen molar-refractivity contribution in [1.82, 2.24) is 9.38 Å². The Hall–Kier alpha value is -2.42. The van der Waals surface area contributed by atoms with E-state index in [0.717, 1.165) is 11.0 Å². The standard InChI is InChI=1S/C16H14N3/c1-11-5-3-6-12-14(11)16-18(2)9-10-19(16)13-7-4-8-17-15(12)13/h3-10H,1-2H3/q+1. The molecule has 1 aromatic carbocycles. The molecule has 0 aliphatic carbocycles. The molecule has 3 heteroatoms. The van der Waals surface area contributed by atoms with Gasteiger partial charge in [-0.2, -0.15) is 4.40 Å². The number of fused-ring (bicyclic) bond motifs is 6. The number of aromatic nitrogens is 3. The molecule has 3 heterocycles. The van der Waals surface area contributed by atoms with Gasteiger partial charge in [-0.05, 0) is 24.6 Å². The molecule has 4 rings (SSSR count). The zero-order valence-corrected chi connectivity index (χ0v) is 11.0. The molecule has 0 fully saturated rings. The van der Waals surface area contributed by atoms with E-state index in [1.807, 2.05) is 12.3 Å². The molecule has 3 nitrogen and oxygen atoms in total. The molecule has 0 aliphatic heterocycles. The third-order valence-corrected chi connectivity index (χ3v) is 3.80. The van der Waals surface area contributed by atoms with E-state index in [0.29, 0.717) is 0 Å². The molecular formula is C16H14N3+. The molecule has 0 atom stereocenters. The second kappa shape index (κ2) is 3.54. The van der Waals surface area contributed by atoms with Crippen molar-refractivity contribution in [2.24, 2.45) is 7.05 Å². The van der Waals surface area contributed by atoms with Gasteiger partial charge >= 0.3 is 0 Å². The maximum absolute atomic E-state index is 4.58. The van der Waals surface area contributed by atoms with E-state index < -0.39 is 0 Å². The number of hydrogen-bond acceptors (Lipinski definition) is 1. The van der Waals surface area contributed by atoms with Crippen LogP contribution in [0.5, 0.6) is 0 Å². The number of aryl methyl sites for hydroxylation is 2. The lowest BCUT2D eigenvalue weighted by atomic mass is 10.1. The van der Waals surface area contributed by atoms with Gasteiger partial charge in [-0.1, -0.05) is 18.2 Å². The fraction of sp³-hybridized carbons (Fsp3) is 0.125. The third-order valence-electron chi connectivity index (χ3n) is 3.80. The SMILES string of the molecule is Cc1cccc2c3ncccc3n3cc[n+](C)c3c12. The summed E-state index contributed by atoms with van der Waals surface area (Å²) in [6.07, 6.45) is 6.05. The number of pyridine rings is 2.